The van der Waals surface area contributed by atoms with Crippen molar-refractivity contribution in [2.75, 3.05) is 18.4 Å². The minimum absolute atomic E-state index is 0.198. The molecular formula is C15H20N6OS. The van der Waals surface area contributed by atoms with Crippen LogP contribution in [-0.4, -0.2) is 45.2 Å². The highest BCUT2D eigenvalue weighted by Gasteiger charge is 2.21. The van der Waals surface area contributed by atoms with Gasteiger partial charge in [-0.1, -0.05) is 17.4 Å². The molecule has 0 bridgehead atoms. The van der Waals surface area contributed by atoms with Crippen LogP contribution >= 0.6 is 11.3 Å². The monoisotopic (exact) mass is 332 g/mol. The van der Waals surface area contributed by atoms with Crippen molar-refractivity contribution in [2.45, 2.75) is 32.4 Å². The molecule has 2 aromatic rings. The van der Waals surface area contributed by atoms with E-state index in [1.165, 1.54) is 11.3 Å². The number of aryl methyl sites for hydroxylation is 1. The number of pyridine rings is 1. The summed E-state index contributed by atoms with van der Waals surface area (Å²) in [7, 11) is 0. The van der Waals surface area contributed by atoms with E-state index in [1.807, 2.05) is 31.3 Å². The Balaban J connectivity index is 1.41. The number of urea groups is 1. The number of amides is 2. The van der Waals surface area contributed by atoms with E-state index in [0.29, 0.717) is 5.13 Å². The number of carbonyl (C=O) groups excluding carboxylic acids is 1. The van der Waals surface area contributed by atoms with E-state index in [-0.39, 0.29) is 12.1 Å². The normalized spacial score (nSPS) is 16.2. The predicted octanol–water partition coefficient (Wildman–Crippen LogP) is 2.03. The summed E-state index contributed by atoms with van der Waals surface area (Å²) < 4.78 is 0. The van der Waals surface area contributed by atoms with Crippen LogP contribution in [0.4, 0.5) is 9.93 Å². The van der Waals surface area contributed by atoms with Gasteiger partial charge in [-0.2, -0.15) is 0 Å². The first kappa shape index (κ1) is 15.8. The van der Waals surface area contributed by atoms with Gasteiger partial charge in [-0.15, -0.1) is 10.2 Å². The van der Waals surface area contributed by atoms with Crippen LogP contribution in [0.3, 0.4) is 0 Å². The molecule has 1 fully saturated rings. The molecule has 0 saturated carbocycles. The first-order valence-electron chi connectivity index (χ1n) is 7.69. The Kier molecular flexibility index (Phi) is 5.14. The number of rotatable bonds is 4. The lowest BCUT2D eigenvalue weighted by molar-refractivity contribution is 0.188. The first-order chi connectivity index (χ1) is 11.2. The van der Waals surface area contributed by atoms with E-state index in [2.05, 4.69) is 30.7 Å². The molecule has 1 saturated heterocycles. The van der Waals surface area contributed by atoms with Crippen molar-refractivity contribution in [3.05, 3.63) is 35.1 Å². The average molecular weight is 332 g/mol. The average Bonchev–Trinajstić information content (AvgIpc) is 2.95. The molecule has 0 aromatic carbocycles. The SMILES string of the molecule is Cc1nnc(NC(=O)NC2CCN(Cc3ccccn3)CC2)s1. The number of hydrogen-bond donors (Lipinski definition) is 2. The summed E-state index contributed by atoms with van der Waals surface area (Å²) in [6.07, 6.45) is 3.70. The molecule has 7 nitrogen and oxygen atoms in total. The van der Waals surface area contributed by atoms with Crippen LogP contribution in [0, 0.1) is 6.92 Å². The highest BCUT2D eigenvalue weighted by molar-refractivity contribution is 7.15. The second kappa shape index (κ2) is 7.47. The lowest BCUT2D eigenvalue weighted by Gasteiger charge is -2.31. The van der Waals surface area contributed by atoms with Gasteiger partial charge in [-0.3, -0.25) is 15.2 Å². The number of piperidine rings is 1. The lowest BCUT2D eigenvalue weighted by atomic mass is 10.1. The fraction of sp³-hybridized carbons (Fsp3) is 0.467. The molecule has 2 amide bonds. The number of carbonyl (C=O) groups is 1. The van der Waals surface area contributed by atoms with E-state index in [1.54, 1.807) is 0 Å². The van der Waals surface area contributed by atoms with Crippen LogP contribution in [0.15, 0.2) is 24.4 Å². The van der Waals surface area contributed by atoms with Crippen molar-refractivity contribution >= 4 is 22.5 Å². The Morgan fingerprint density at radius 2 is 2.17 bits per heavy atom. The molecule has 23 heavy (non-hydrogen) atoms. The summed E-state index contributed by atoms with van der Waals surface area (Å²) in [6.45, 7) is 4.64. The highest BCUT2D eigenvalue weighted by atomic mass is 32.1. The molecule has 0 spiro atoms. The summed E-state index contributed by atoms with van der Waals surface area (Å²) in [5.74, 6) is 0. The van der Waals surface area contributed by atoms with Gasteiger partial charge in [0, 0.05) is 31.9 Å². The van der Waals surface area contributed by atoms with Gasteiger partial charge >= 0.3 is 6.03 Å². The van der Waals surface area contributed by atoms with Gasteiger partial charge in [0.2, 0.25) is 5.13 Å². The lowest BCUT2D eigenvalue weighted by Crippen LogP contribution is -2.45. The molecule has 0 radical (unpaired) electrons. The first-order valence-corrected chi connectivity index (χ1v) is 8.50. The fourth-order valence-corrected chi connectivity index (χ4v) is 3.21. The zero-order chi connectivity index (χ0) is 16.1. The van der Waals surface area contributed by atoms with Gasteiger partial charge in [0.25, 0.3) is 0 Å². The second-order valence-corrected chi connectivity index (χ2v) is 6.78. The third kappa shape index (κ3) is 4.70. The van der Waals surface area contributed by atoms with Crippen LogP contribution in [0.2, 0.25) is 0 Å². The van der Waals surface area contributed by atoms with Crippen molar-refractivity contribution in [2.24, 2.45) is 0 Å². The molecule has 1 aliphatic heterocycles. The quantitative estimate of drug-likeness (QED) is 0.895. The van der Waals surface area contributed by atoms with Crippen LogP contribution in [-0.2, 0) is 6.54 Å². The fourth-order valence-electron chi connectivity index (χ4n) is 2.62. The molecule has 0 aliphatic carbocycles. The van der Waals surface area contributed by atoms with Crippen LogP contribution in [0.5, 0.6) is 0 Å². The maximum absolute atomic E-state index is 12.0. The molecule has 2 N–H and O–H groups in total. The van der Waals surface area contributed by atoms with E-state index in [9.17, 15) is 4.79 Å². The van der Waals surface area contributed by atoms with Crippen LogP contribution in [0.25, 0.3) is 0 Å². The molecule has 8 heteroatoms. The Hall–Kier alpha value is -2.06. The third-order valence-electron chi connectivity index (χ3n) is 3.78. The number of nitrogens with one attached hydrogen (secondary N) is 2. The molecule has 3 rings (SSSR count). The number of nitrogens with zero attached hydrogens (tertiary/aromatic N) is 4. The van der Waals surface area contributed by atoms with Gasteiger partial charge in [0.1, 0.15) is 5.01 Å². The van der Waals surface area contributed by atoms with Gasteiger partial charge in [0.15, 0.2) is 0 Å². The zero-order valence-electron chi connectivity index (χ0n) is 13.0. The number of likely N-dealkylation sites (tertiary alicyclic amines) is 1. The molecule has 3 heterocycles. The molecule has 0 unspecified atom stereocenters. The topological polar surface area (TPSA) is 83.0 Å². The second-order valence-electron chi connectivity index (χ2n) is 5.60. The molecule has 0 atom stereocenters. The summed E-state index contributed by atoms with van der Waals surface area (Å²) in [5, 5.41) is 14.9. The third-order valence-corrected chi connectivity index (χ3v) is 4.54. The Bertz CT molecular complexity index is 638. The minimum atomic E-state index is -0.204. The van der Waals surface area contributed by atoms with Crippen molar-refractivity contribution in [1.82, 2.24) is 25.4 Å². The number of hydrogen-bond acceptors (Lipinski definition) is 6. The van der Waals surface area contributed by atoms with Crippen molar-refractivity contribution < 1.29 is 4.79 Å². The van der Waals surface area contributed by atoms with Crippen LogP contribution < -0.4 is 10.6 Å². The van der Waals surface area contributed by atoms with Crippen molar-refractivity contribution in [3.63, 3.8) is 0 Å². The summed E-state index contributed by atoms with van der Waals surface area (Å²) in [4.78, 5) is 18.7. The number of anilines is 1. The van der Waals surface area contributed by atoms with Gasteiger partial charge in [0.05, 0.1) is 5.69 Å². The van der Waals surface area contributed by atoms with Gasteiger partial charge in [-0.05, 0) is 31.9 Å². The Morgan fingerprint density at radius 3 is 2.83 bits per heavy atom. The highest BCUT2D eigenvalue weighted by Crippen LogP contribution is 2.15. The van der Waals surface area contributed by atoms with Gasteiger partial charge in [-0.25, -0.2) is 4.79 Å². The van der Waals surface area contributed by atoms with E-state index in [0.717, 1.165) is 43.2 Å². The van der Waals surface area contributed by atoms with Gasteiger partial charge < -0.3 is 5.32 Å². The van der Waals surface area contributed by atoms with Crippen molar-refractivity contribution in [1.29, 1.82) is 0 Å². The minimum Gasteiger partial charge on any atom is -0.335 e. The number of aromatic nitrogens is 3. The largest absolute Gasteiger partial charge is 0.335 e. The smallest absolute Gasteiger partial charge is 0.321 e. The standard InChI is InChI=1S/C15H20N6OS/c1-11-19-20-15(23-11)18-14(22)17-12-5-8-21(9-6-12)10-13-4-2-3-7-16-13/h2-4,7,12H,5-6,8-10H2,1H3,(H2,17,18,20,22). The molecule has 122 valence electrons. The summed E-state index contributed by atoms with van der Waals surface area (Å²) >= 11 is 1.37. The van der Waals surface area contributed by atoms with Crippen molar-refractivity contribution in [3.8, 4) is 0 Å². The molecule has 2 aromatic heterocycles. The zero-order valence-corrected chi connectivity index (χ0v) is 13.8. The summed E-state index contributed by atoms with van der Waals surface area (Å²) in [6, 6.07) is 5.98. The van der Waals surface area contributed by atoms with E-state index in [4.69, 9.17) is 0 Å². The Labute approximate surface area is 139 Å². The summed E-state index contributed by atoms with van der Waals surface area (Å²) in [5.41, 5.74) is 1.09. The van der Waals surface area contributed by atoms with E-state index < -0.39 is 0 Å². The maximum Gasteiger partial charge on any atom is 0.321 e. The Morgan fingerprint density at radius 1 is 1.35 bits per heavy atom. The van der Waals surface area contributed by atoms with E-state index >= 15 is 0 Å². The predicted molar refractivity (Wildman–Crippen MR) is 89.3 cm³/mol. The maximum atomic E-state index is 12.0. The molecular weight excluding hydrogens is 312 g/mol. The molecule has 1 aliphatic rings. The van der Waals surface area contributed by atoms with Crippen LogP contribution in [0.1, 0.15) is 23.5 Å².